The Morgan fingerprint density at radius 1 is 0.931 bits per heavy atom. The fourth-order valence-electron chi connectivity index (χ4n) is 3.27. The number of benzene rings is 2. The lowest BCUT2D eigenvalue weighted by molar-refractivity contribution is -0.133. The number of esters is 1. The number of carbonyl (C=O) groups is 1. The third-order valence-corrected chi connectivity index (χ3v) is 6.74. The van der Waals surface area contributed by atoms with Gasteiger partial charge in [0.15, 0.2) is 11.5 Å². The summed E-state index contributed by atoms with van der Waals surface area (Å²) in [6.07, 6.45) is 2.82. The van der Waals surface area contributed by atoms with Crippen LogP contribution in [0.5, 0.6) is 17.2 Å². The molecule has 1 aliphatic rings. The summed E-state index contributed by atoms with van der Waals surface area (Å²) < 4.78 is 42.8. The first-order valence-corrected chi connectivity index (χ1v) is 10.9. The molecule has 1 saturated heterocycles. The Labute approximate surface area is 171 Å². The molecule has 29 heavy (non-hydrogen) atoms. The molecule has 0 spiro atoms. The van der Waals surface area contributed by atoms with Crippen molar-refractivity contribution in [3.05, 3.63) is 48.0 Å². The van der Waals surface area contributed by atoms with Gasteiger partial charge in [-0.1, -0.05) is 24.6 Å². The predicted octanol–water partition coefficient (Wildman–Crippen LogP) is 3.03. The normalized spacial score (nSPS) is 15.0. The average molecular weight is 419 g/mol. The van der Waals surface area contributed by atoms with Crippen LogP contribution in [0.4, 0.5) is 0 Å². The van der Waals surface area contributed by atoms with Crippen LogP contribution in [0.3, 0.4) is 0 Å². The molecule has 0 N–H and O–H groups in total. The molecule has 0 atom stereocenters. The molecule has 156 valence electrons. The van der Waals surface area contributed by atoms with Crippen LogP contribution in [0.1, 0.15) is 24.8 Å². The van der Waals surface area contributed by atoms with E-state index in [0.717, 1.165) is 19.3 Å². The van der Waals surface area contributed by atoms with Crippen LogP contribution < -0.4 is 14.2 Å². The number of nitrogens with zero attached hydrogens (tertiary/aromatic N) is 1. The zero-order valence-electron chi connectivity index (χ0n) is 16.6. The Balaban J connectivity index is 1.69. The Hall–Kier alpha value is -2.58. The maximum atomic E-state index is 12.7. The summed E-state index contributed by atoms with van der Waals surface area (Å²) in [7, 11) is -0.530. The molecule has 0 radical (unpaired) electrons. The number of methoxy groups -OCH3 is 2. The van der Waals surface area contributed by atoms with E-state index in [0.29, 0.717) is 30.2 Å². The highest BCUT2D eigenvalue weighted by molar-refractivity contribution is 7.89. The third-order valence-electron chi connectivity index (χ3n) is 4.82. The standard InChI is InChI=1S/C21H25NO6S/c1-26-18-7-6-8-19(27-2)21(18)28-20(23)15-16-9-11-17(12-10-16)29(24,25)22-13-4-3-5-14-22/h6-12H,3-5,13-15H2,1-2H3. The monoisotopic (exact) mass is 419 g/mol. The molecule has 7 nitrogen and oxygen atoms in total. The number of hydrogen-bond donors (Lipinski definition) is 0. The van der Waals surface area contributed by atoms with Crippen LogP contribution in [0, 0.1) is 0 Å². The first-order valence-electron chi connectivity index (χ1n) is 9.46. The molecule has 0 saturated carbocycles. The van der Waals surface area contributed by atoms with E-state index in [4.69, 9.17) is 14.2 Å². The smallest absolute Gasteiger partial charge is 0.315 e. The van der Waals surface area contributed by atoms with Crippen LogP contribution in [0.15, 0.2) is 47.4 Å². The Bertz CT molecular complexity index is 927. The molecule has 8 heteroatoms. The summed E-state index contributed by atoms with van der Waals surface area (Å²) in [5.41, 5.74) is 0.654. The molecule has 0 bridgehead atoms. The van der Waals surface area contributed by atoms with Crippen molar-refractivity contribution in [3.63, 3.8) is 0 Å². The third kappa shape index (κ3) is 4.89. The Morgan fingerprint density at radius 2 is 1.52 bits per heavy atom. The van der Waals surface area contributed by atoms with Crippen LogP contribution in [-0.4, -0.2) is 46.0 Å². The van der Waals surface area contributed by atoms with Crippen molar-refractivity contribution in [2.24, 2.45) is 0 Å². The summed E-state index contributed by atoms with van der Waals surface area (Å²) in [5, 5.41) is 0. The van der Waals surface area contributed by atoms with Gasteiger partial charge in [-0.2, -0.15) is 4.31 Å². The molecular formula is C21H25NO6S. The number of hydrogen-bond acceptors (Lipinski definition) is 6. The fraction of sp³-hybridized carbons (Fsp3) is 0.381. The Morgan fingerprint density at radius 3 is 2.07 bits per heavy atom. The number of para-hydroxylation sites is 1. The van der Waals surface area contributed by atoms with Crippen LogP contribution in [-0.2, 0) is 21.2 Å². The molecule has 1 heterocycles. The first kappa shape index (κ1) is 21.1. The maximum absolute atomic E-state index is 12.7. The topological polar surface area (TPSA) is 82.1 Å². The van der Waals surface area contributed by atoms with E-state index in [1.54, 1.807) is 30.3 Å². The van der Waals surface area contributed by atoms with E-state index < -0.39 is 16.0 Å². The van der Waals surface area contributed by atoms with Gasteiger partial charge in [-0.15, -0.1) is 0 Å². The van der Waals surface area contributed by atoms with Gasteiger partial charge in [0.2, 0.25) is 15.8 Å². The number of rotatable bonds is 7. The molecule has 0 aliphatic carbocycles. The summed E-state index contributed by atoms with van der Waals surface area (Å²) in [4.78, 5) is 12.6. The minimum atomic E-state index is -3.49. The number of sulfonamides is 1. The molecule has 1 fully saturated rings. The molecule has 2 aromatic rings. The molecule has 0 aromatic heterocycles. The second-order valence-corrected chi connectivity index (χ2v) is 8.69. The van der Waals surface area contributed by atoms with E-state index in [-0.39, 0.29) is 17.1 Å². The molecular weight excluding hydrogens is 394 g/mol. The molecule has 1 aliphatic heterocycles. The van der Waals surface area contributed by atoms with Crippen molar-refractivity contribution in [2.45, 2.75) is 30.6 Å². The van der Waals surface area contributed by atoms with E-state index in [2.05, 4.69) is 0 Å². The van der Waals surface area contributed by atoms with Gasteiger partial charge in [-0.25, -0.2) is 8.42 Å². The summed E-state index contributed by atoms with van der Waals surface area (Å²) >= 11 is 0. The van der Waals surface area contributed by atoms with Gasteiger partial charge in [-0.05, 0) is 42.7 Å². The second kappa shape index (κ2) is 9.28. The van der Waals surface area contributed by atoms with Gasteiger partial charge in [0.05, 0.1) is 25.5 Å². The lowest BCUT2D eigenvalue weighted by Crippen LogP contribution is -2.35. The van der Waals surface area contributed by atoms with Gasteiger partial charge in [-0.3, -0.25) is 4.79 Å². The quantitative estimate of drug-likeness (QED) is 0.507. The number of ether oxygens (including phenoxy) is 3. The predicted molar refractivity (Wildman–Crippen MR) is 108 cm³/mol. The minimum Gasteiger partial charge on any atom is -0.493 e. The van der Waals surface area contributed by atoms with E-state index >= 15 is 0 Å². The van der Waals surface area contributed by atoms with Crippen molar-refractivity contribution in [1.82, 2.24) is 4.31 Å². The van der Waals surface area contributed by atoms with Crippen molar-refractivity contribution in [2.75, 3.05) is 27.3 Å². The van der Waals surface area contributed by atoms with Gasteiger partial charge in [0.25, 0.3) is 0 Å². The molecule has 3 rings (SSSR count). The second-order valence-electron chi connectivity index (χ2n) is 6.75. The van der Waals surface area contributed by atoms with Crippen molar-refractivity contribution in [1.29, 1.82) is 0 Å². The zero-order chi connectivity index (χ0) is 20.9. The van der Waals surface area contributed by atoms with Crippen molar-refractivity contribution in [3.8, 4) is 17.2 Å². The fourth-order valence-corrected chi connectivity index (χ4v) is 4.79. The highest BCUT2D eigenvalue weighted by atomic mass is 32.2. The summed E-state index contributed by atoms with van der Waals surface area (Å²) in [6.45, 7) is 1.11. The molecule has 0 amide bonds. The van der Waals surface area contributed by atoms with Crippen LogP contribution >= 0.6 is 0 Å². The van der Waals surface area contributed by atoms with Crippen molar-refractivity contribution >= 4 is 16.0 Å². The highest BCUT2D eigenvalue weighted by Gasteiger charge is 2.25. The van der Waals surface area contributed by atoms with Gasteiger partial charge in [0, 0.05) is 13.1 Å². The Kier molecular flexibility index (Phi) is 6.76. The first-order chi connectivity index (χ1) is 14.0. The minimum absolute atomic E-state index is 0.00869. The van der Waals surface area contributed by atoms with E-state index in [1.165, 1.54) is 30.7 Å². The largest absolute Gasteiger partial charge is 0.493 e. The summed E-state index contributed by atoms with van der Waals surface area (Å²) in [6, 6.07) is 11.4. The molecule has 0 unspecified atom stereocenters. The van der Waals surface area contributed by atoms with Gasteiger partial charge >= 0.3 is 5.97 Å². The maximum Gasteiger partial charge on any atom is 0.315 e. The number of carbonyl (C=O) groups excluding carboxylic acids is 1. The van der Waals surface area contributed by atoms with Gasteiger partial charge < -0.3 is 14.2 Å². The van der Waals surface area contributed by atoms with Crippen LogP contribution in [0.25, 0.3) is 0 Å². The average Bonchev–Trinajstić information content (AvgIpc) is 2.75. The number of piperidine rings is 1. The SMILES string of the molecule is COc1cccc(OC)c1OC(=O)Cc1ccc(S(=O)(=O)N2CCCCC2)cc1. The van der Waals surface area contributed by atoms with Crippen molar-refractivity contribution < 1.29 is 27.4 Å². The van der Waals surface area contributed by atoms with Crippen LogP contribution in [0.2, 0.25) is 0 Å². The van der Waals surface area contributed by atoms with E-state index in [1.807, 2.05) is 0 Å². The lowest BCUT2D eigenvalue weighted by atomic mass is 10.1. The summed E-state index contributed by atoms with van der Waals surface area (Å²) in [5.74, 6) is 0.493. The highest BCUT2D eigenvalue weighted by Crippen LogP contribution is 2.37. The zero-order valence-corrected chi connectivity index (χ0v) is 17.4. The molecule has 2 aromatic carbocycles. The van der Waals surface area contributed by atoms with Gasteiger partial charge in [0.1, 0.15) is 0 Å². The van der Waals surface area contributed by atoms with E-state index in [9.17, 15) is 13.2 Å². The lowest BCUT2D eigenvalue weighted by Gasteiger charge is -2.25.